The maximum absolute atomic E-state index is 9.05. The minimum atomic E-state index is 0.372. The van der Waals surface area contributed by atoms with Gasteiger partial charge >= 0.3 is 0 Å². The van der Waals surface area contributed by atoms with Gasteiger partial charge in [0.2, 0.25) is 0 Å². The quantitative estimate of drug-likeness (QED) is 0.102. The number of nitrogens with zero attached hydrogens (tertiary/aromatic N) is 2. The van der Waals surface area contributed by atoms with E-state index in [0.29, 0.717) is 46.9 Å². The van der Waals surface area contributed by atoms with Gasteiger partial charge in [-0.1, -0.05) is 201 Å². The van der Waals surface area contributed by atoms with Gasteiger partial charge < -0.3 is 18.6 Å². The number of anilines is 6. The summed E-state index contributed by atoms with van der Waals surface area (Å²) in [5.41, 5.74) is 14.1. The summed E-state index contributed by atoms with van der Waals surface area (Å²) in [5.74, 6) is 1.75. The molecular formula is C76H68N2O2. The van der Waals surface area contributed by atoms with Gasteiger partial charge in [0.1, 0.15) is 11.2 Å². The SMILES string of the molecule is [2H]c1cccc2c1oc1c(N(c3c(CC(C)C)ccc4ccc(CC(C)C)cc34)c3ccc4ccc5c(N(c6c(CC(C)C)ccc7ccc(CC(C)C)cc67)c6cccc7c6oc6c([2H])cccc67)ccc6ccc3c4c65)cccc12. The molecule has 2 heterocycles. The fraction of sp³-hybridized carbons (Fsp3) is 0.211. The van der Waals surface area contributed by atoms with Crippen LogP contribution in [-0.4, -0.2) is 0 Å². The van der Waals surface area contributed by atoms with E-state index in [9.17, 15) is 0 Å². The lowest BCUT2D eigenvalue weighted by molar-refractivity contribution is 0.646. The molecule has 4 heteroatoms. The molecule has 0 unspecified atom stereocenters. The molecule has 0 bridgehead atoms. The van der Waals surface area contributed by atoms with Crippen molar-refractivity contribution in [2.45, 2.75) is 81.1 Å². The lowest BCUT2D eigenvalue weighted by Crippen LogP contribution is -2.15. The summed E-state index contributed by atoms with van der Waals surface area (Å²) in [6, 6.07) is 67.6. The molecule has 2 aromatic heterocycles. The molecule has 80 heavy (non-hydrogen) atoms. The zero-order valence-corrected chi connectivity index (χ0v) is 47.2. The van der Waals surface area contributed by atoms with Gasteiger partial charge in [0.05, 0.1) is 36.9 Å². The molecule has 0 atom stereocenters. The molecule has 0 saturated carbocycles. The third-order valence-corrected chi connectivity index (χ3v) is 16.5. The summed E-state index contributed by atoms with van der Waals surface area (Å²) in [4.78, 5) is 5.02. The van der Waals surface area contributed by atoms with Gasteiger partial charge in [-0.25, -0.2) is 0 Å². The van der Waals surface area contributed by atoms with Crippen LogP contribution in [0.2, 0.25) is 0 Å². The molecule has 0 spiro atoms. The molecule has 0 aliphatic heterocycles. The number of rotatable bonds is 14. The number of hydrogen-bond acceptors (Lipinski definition) is 4. The highest BCUT2D eigenvalue weighted by atomic mass is 16.3. The van der Waals surface area contributed by atoms with Crippen molar-refractivity contribution >= 4 is 132 Å². The second-order valence-electron chi connectivity index (χ2n) is 24.2. The van der Waals surface area contributed by atoms with E-state index < -0.39 is 0 Å². The fourth-order valence-corrected chi connectivity index (χ4v) is 13.3. The van der Waals surface area contributed by atoms with Crippen LogP contribution in [0.4, 0.5) is 34.1 Å². The molecule has 0 aliphatic carbocycles. The number of furan rings is 2. The van der Waals surface area contributed by atoms with E-state index in [1.165, 1.54) is 54.6 Å². The second kappa shape index (κ2) is 19.6. The molecule has 394 valence electrons. The summed E-state index contributed by atoms with van der Waals surface area (Å²) < 4.78 is 32.1. The molecule has 0 radical (unpaired) electrons. The summed E-state index contributed by atoms with van der Waals surface area (Å²) in [6.07, 6.45) is 3.70. The Labute approximate surface area is 472 Å². The minimum absolute atomic E-state index is 0.372. The van der Waals surface area contributed by atoms with Crippen LogP contribution in [0.1, 0.15) is 80.4 Å². The molecule has 0 fully saturated rings. The van der Waals surface area contributed by atoms with Crippen LogP contribution < -0.4 is 9.80 Å². The van der Waals surface area contributed by atoms with Crippen molar-refractivity contribution in [1.82, 2.24) is 0 Å². The summed E-state index contributed by atoms with van der Waals surface area (Å²) >= 11 is 0. The normalized spacial score (nSPS) is 12.8. The van der Waals surface area contributed by atoms with E-state index in [2.05, 4.69) is 223 Å². The third-order valence-electron chi connectivity index (χ3n) is 16.5. The molecule has 14 aromatic rings. The Kier molecular flexibility index (Phi) is 11.6. The highest BCUT2D eigenvalue weighted by molar-refractivity contribution is 6.29. The molecule has 0 N–H and O–H groups in total. The number of fused-ring (bicyclic) bond motifs is 8. The standard InChI is InChI=1S/C76H68N2O2/c1-45(2)39-49-23-25-51-27-29-55(41-47(5)6)73(63(51)43-49)77(67-19-13-17-59-57-15-9-11-21-69(57)79-75(59)67)65-37-33-53-32-36-62-66(38-34-54-31-35-61(65)71(53)72(54)62)78(68-20-14-18-60-58-16-10-12-22-70(58)80-76(60)68)74-56(42-48(7)8)30-28-52-26-24-50(40-46(3)4)44-64(52)74/h9-38,43-48H,39-42H2,1-8H3/i21D,22D. The predicted molar refractivity (Wildman–Crippen MR) is 343 cm³/mol. The Morgan fingerprint density at radius 1 is 0.338 bits per heavy atom. The smallest absolute Gasteiger partial charge is 0.159 e. The third kappa shape index (κ3) is 8.33. The average Bonchev–Trinajstić information content (AvgIpc) is 2.97. The summed E-state index contributed by atoms with van der Waals surface area (Å²) in [7, 11) is 0. The van der Waals surface area contributed by atoms with E-state index in [4.69, 9.17) is 11.6 Å². The number of benzene rings is 12. The van der Waals surface area contributed by atoms with Gasteiger partial charge in [-0.15, -0.1) is 0 Å². The van der Waals surface area contributed by atoms with Crippen molar-refractivity contribution in [3.63, 3.8) is 0 Å². The molecule has 14 rings (SSSR count). The van der Waals surface area contributed by atoms with E-state index in [1.54, 1.807) is 0 Å². The van der Waals surface area contributed by atoms with Crippen LogP contribution in [0.25, 0.3) is 97.7 Å². The Morgan fingerprint density at radius 2 is 0.725 bits per heavy atom. The maximum atomic E-state index is 9.05. The monoisotopic (exact) mass is 1040 g/mol. The van der Waals surface area contributed by atoms with E-state index >= 15 is 0 Å². The van der Waals surface area contributed by atoms with E-state index in [1.807, 2.05) is 24.3 Å². The highest BCUT2D eigenvalue weighted by Crippen LogP contribution is 2.53. The van der Waals surface area contributed by atoms with Crippen molar-refractivity contribution in [2.75, 3.05) is 9.80 Å². The van der Waals surface area contributed by atoms with Crippen molar-refractivity contribution in [3.8, 4) is 0 Å². The first kappa shape index (κ1) is 47.4. The Bertz CT molecular complexity index is 4510. The largest absolute Gasteiger partial charge is 0.454 e. The maximum Gasteiger partial charge on any atom is 0.159 e. The first-order valence-electron chi connectivity index (χ1n) is 30.0. The number of para-hydroxylation sites is 4. The lowest BCUT2D eigenvalue weighted by atomic mass is 9.90. The molecule has 0 saturated heterocycles. The van der Waals surface area contributed by atoms with Gasteiger partial charge in [-0.3, -0.25) is 0 Å². The van der Waals surface area contributed by atoms with Crippen LogP contribution in [0.5, 0.6) is 0 Å². The van der Waals surface area contributed by atoms with Gasteiger partial charge in [0.25, 0.3) is 0 Å². The topological polar surface area (TPSA) is 32.8 Å². The Morgan fingerprint density at radius 3 is 1.15 bits per heavy atom. The van der Waals surface area contributed by atoms with E-state index in [-0.39, 0.29) is 0 Å². The fourth-order valence-electron chi connectivity index (χ4n) is 13.3. The Hall–Kier alpha value is -8.60. The van der Waals surface area contributed by atoms with Crippen LogP contribution >= 0.6 is 0 Å². The average molecular weight is 1040 g/mol. The van der Waals surface area contributed by atoms with Crippen molar-refractivity contribution in [2.24, 2.45) is 23.7 Å². The van der Waals surface area contributed by atoms with Crippen LogP contribution in [0, 0.1) is 23.7 Å². The van der Waals surface area contributed by atoms with Gasteiger partial charge in [0, 0.05) is 43.1 Å². The minimum Gasteiger partial charge on any atom is -0.454 e. The van der Waals surface area contributed by atoms with Crippen molar-refractivity contribution in [1.29, 1.82) is 0 Å². The zero-order chi connectivity index (χ0) is 56.2. The molecule has 0 amide bonds. The first-order chi connectivity index (χ1) is 39.8. The lowest BCUT2D eigenvalue weighted by Gasteiger charge is -2.32. The van der Waals surface area contributed by atoms with Gasteiger partial charge in [0.15, 0.2) is 11.2 Å². The van der Waals surface area contributed by atoms with E-state index in [0.717, 1.165) is 114 Å². The zero-order valence-electron chi connectivity index (χ0n) is 49.2. The predicted octanol–water partition coefficient (Wildman–Crippen LogP) is 22.4. The van der Waals surface area contributed by atoms with Crippen molar-refractivity contribution in [3.05, 3.63) is 216 Å². The Balaban J connectivity index is 1.10. The molecular weight excluding hydrogens is 973 g/mol. The second-order valence-corrected chi connectivity index (χ2v) is 24.2. The van der Waals surface area contributed by atoms with Crippen LogP contribution in [-0.2, 0) is 25.7 Å². The van der Waals surface area contributed by atoms with Crippen molar-refractivity contribution < 1.29 is 11.6 Å². The summed E-state index contributed by atoms with van der Waals surface area (Å²) in [5, 5.41) is 15.6. The summed E-state index contributed by atoms with van der Waals surface area (Å²) in [6.45, 7) is 18.5. The number of hydrogen-bond donors (Lipinski definition) is 0. The van der Waals surface area contributed by atoms with Crippen LogP contribution in [0.3, 0.4) is 0 Å². The highest BCUT2D eigenvalue weighted by Gasteiger charge is 2.30. The van der Waals surface area contributed by atoms with Gasteiger partial charge in [-0.05, 0) is 152 Å². The first-order valence-corrected chi connectivity index (χ1v) is 29.0. The molecule has 12 aromatic carbocycles. The molecule has 4 nitrogen and oxygen atoms in total. The molecule has 0 aliphatic rings. The van der Waals surface area contributed by atoms with Crippen LogP contribution in [0.15, 0.2) is 203 Å². The van der Waals surface area contributed by atoms with Gasteiger partial charge in [-0.2, -0.15) is 0 Å².